The fraction of sp³-hybridized carbons (Fsp3) is 0.238. The summed E-state index contributed by atoms with van der Waals surface area (Å²) >= 11 is 0. The monoisotopic (exact) mass is 379 g/mol. The normalized spacial score (nSPS) is 20.3. The summed E-state index contributed by atoms with van der Waals surface area (Å²) in [5.41, 5.74) is 2.22. The van der Waals surface area contributed by atoms with Crippen molar-refractivity contribution in [2.45, 2.75) is 25.8 Å². The number of nitrogens with one attached hydrogen (secondary N) is 1. The largest absolute Gasteiger partial charge is 0.464 e. The first-order valence-electron chi connectivity index (χ1n) is 8.96. The number of esters is 1. The highest BCUT2D eigenvalue weighted by atomic mass is 16.5. The topological polar surface area (TPSA) is 88.1 Å². The Balaban J connectivity index is 1.91. The first-order valence-corrected chi connectivity index (χ1v) is 8.96. The fourth-order valence-corrected chi connectivity index (χ4v) is 3.12. The standard InChI is InChI=1S/C21H21N3O4/c1-3-28-20(27)21(2)14-17(19(26)24(21)16-12-8-5-9-13-16)22-23-18(25)15-10-6-4-7-11-15/h4-13H,3,14H2,1-2H3,(H,23,25)/b22-17-/t21-/m1/s1. The van der Waals surface area contributed by atoms with Gasteiger partial charge in [-0.25, -0.2) is 10.2 Å². The van der Waals surface area contributed by atoms with Crippen LogP contribution in [-0.4, -0.2) is 35.6 Å². The molecule has 0 unspecified atom stereocenters. The van der Waals surface area contributed by atoms with Crippen molar-refractivity contribution in [1.29, 1.82) is 0 Å². The van der Waals surface area contributed by atoms with Crippen LogP contribution in [0.25, 0.3) is 0 Å². The molecule has 28 heavy (non-hydrogen) atoms. The maximum Gasteiger partial charge on any atom is 0.332 e. The third-order valence-electron chi connectivity index (χ3n) is 4.51. The number of benzene rings is 2. The van der Waals surface area contributed by atoms with E-state index in [0.717, 1.165) is 0 Å². The molecule has 1 aliphatic rings. The van der Waals surface area contributed by atoms with Gasteiger partial charge in [0.05, 0.1) is 6.61 Å². The lowest BCUT2D eigenvalue weighted by Crippen LogP contribution is -2.50. The predicted molar refractivity (Wildman–Crippen MR) is 105 cm³/mol. The van der Waals surface area contributed by atoms with Crippen LogP contribution in [-0.2, 0) is 14.3 Å². The molecule has 0 aliphatic carbocycles. The van der Waals surface area contributed by atoms with Crippen LogP contribution in [0.3, 0.4) is 0 Å². The molecular weight excluding hydrogens is 358 g/mol. The first kappa shape index (κ1) is 19.3. The van der Waals surface area contributed by atoms with Crippen LogP contribution >= 0.6 is 0 Å². The Morgan fingerprint density at radius 3 is 2.32 bits per heavy atom. The smallest absolute Gasteiger partial charge is 0.332 e. The van der Waals surface area contributed by atoms with Gasteiger partial charge in [-0.3, -0.25) is 14.5 Å². The van der Waals surface area contributed by atoms with E-state index in [-0.39, 0.29) is 18.7 Å². The van der Waals surface area contributed by atoms with Crippen LogP contribution in [0, 0.1) is 0 Å². The van der Waals surface area contributed by atoms with Gasteiger partial charge in [0.25, 0.3) is 11.8 Å². The van der Waals surface area contributed by atoms with E-state index in [9.17, 15) is 14.4 Å². The number of anilines is 1. The number of hydrogen-bond acceptors (Lipinski definition) is 5. The zero-order valence-corrected chi connectivity index (χ0v) is 15.7. The molecular formula is C21H21N3O4. The second kappa shape index (κ2) is 8.04. The molecule has 1 fully saturated rings. The highest BCUT2D eigenvalue weighted by molar-refractivity contribution is 6.48. The van der Waals surface area contributed by atoms with Crippen molar-refractivity contribution in [3.05, 3.63) is 66.2 Å². The van der Waals surface area contributed by atoms with E-state index in [1.807, 2.05) is 6.07 Å². The number of nitrogens with zero attached hydrogens (tertiary/aromatic N) is 2. The van der Waals surface area contributed by atoms with Gasteiger partial charge in [0.15, 0.2) is 0 Å². The molecule has 1 saturated heterocycles. The third-order valence-corrected chi connectivity index (χ3v) is 4.51. The predicted octanol–water partition coefficient (Wildman–Crippen LogP) is 2.53. The van der Waals surface area contributed by atoms with Gasteiger partial charge in [0, 0.05) is 17.7 Å². The molecule has 1 heterocycles. The van der Waals surface area contributed by atoms with E-state index in [4.69, 9.17) is 4.74 Å². The molecule has 144 valence electrons. The Hall–Kier alpha value is -3.48. The van der Waals surface area contributed by atoms with Crippen molar-refractivity contribution in [3.8, 4) is 0 Å². The number of carbonyl (C=O) groups excluding carboxylic acids is 3. The van der Waals surface area contributed by atoms with Crippen molar-refractivity contribution >= 4 is 29.2 Å². The number of amides is 2. The van der Waals surface area contributed by atoms with Crippen molar-refractivity contribution in [1.82, 2.24) is 5.43 Å². The van der Waals surface area contributed by atoms with Gasteiger partial charge < -0.3 is 4.74 Å². The minimum absolute atomic E-state index is 0.0225. The van der Waals surface area contributed by atoms with Gasteiger partial charge >= 0.3 is 5.97 Å². The number of hydrazone groups is 1. The fourth-order valence-electron chi connectivity index (χ4n) is 3.12. The van der Waals surface area contributed by atoms with Crippen LogP contribution in [0.1, 0.15) is 30.6 Å². The minimum Gasteiger partial charge on any atom is -0.464 e. The molecule has 1 atom stereocenters. The van der Waals surface area contributed by atoms with Crippen LogP contribution in [0.2, 0.25) is 0 Å². The lowest BCUT2D eigenvalue weighted by Gasteiger charge is -2.32. The summed E-state index contributed by atoms with van der Waals surface area (Å²) in [4.78, 5) is 39.3. The van der Waals surface area contributed by atoms with Crippen molar-refractivity contribution < 1.29 is 19.1 Å². The molecule has 7 nitrogen and oxygen atoms in total. The quantitative estimate of drug-likeness (QED) is 0.639. The molecule has 2 aromatic rings. The summed E-state index contributed by atoms with van der Waals surface area (Å²) in [6, 6.07) is 17.4. The zero-order chi connectivity index (χ0) is 20.1. The summed E-state index contributed by atoms with van der Waals surface area (Å²) in [6.45, 7) is 3.54. The molecule has 0 aromatic heterocycles. The molecule has 0 bridgehead atoms. The number of hydrogen-bond donors (Lipinski definition) is 1. The molecule has 0 radical (unpaired) electrons. The Bertz CT molecular complexity index is 912. The van der Waals surface area contributed by atoms with E-state index >= 15 is 0 Å². The zero-order valence-electron chi connectivity index (χ0n) is 15.7. The highest BCUT2D eigenvalue weighted by Gasteiger charge is 2.53. The van der Waals surface area contributed by atoms with E-state index in [1.165, 1.54) is 4.90 Å². The Kier molecular flexibility index (Phi) is 5.54. The molecule has 2 aromatic carbocycles. The second-order valence-corrected chi connectivity index (χ2v) is 6.51. The van der Waals surface area contributed by atoms with E-state index < -0.39 is 23.3 Å². The number of ether oxygens (including phenoxy) is 1. The van der Waals surface area contributed by atoms with Gasteiger partial charge in [-0.2, -0.15) is 5.10 Å². The summed E-state index contributed by atoms with van der Waals surface area (Å²) in [5.74, 6) is -1.40. The van der Waals surface area contributed by atoms with Crippen molar-refractivity contribution in [2.75, 3.05) is 11.5 Å². The highest BCUT2D eigenvalue weighted by Crippen LogP contribution is 2.34. The molecule has 0 spiro atoms. The number of rotatable bonds is 5. The van der Waals surface area contributed by atoms with Crippen LogP contribution in [0.15, 0.2) is 65.8 Å². The summed E-state index contributed by atoms with van der Waals surface area (Å²) in [5, 5.41) is 4.01. The van der Waals surface area contributed by atoms with Gasteiger partial charge in [-0.05, 0) is 38.1 Å². The van der Waals surface area contributed by atoms with Crippen molar-refractivity contribution in [3.63, 3.8) is 0 Å². The summed E-state index contributed by atoms with van der Waals surface area (Å²) in [7, 11) is 0. The van der Waals surface area contributed by atoms with E-state index in [0.29, 0.717) is 11.3 Å². The third kappa shape index (κ3) is 3.64. The molecule has 1 N–H and O–H groups in total. The molecule has 3 rings (SSSR count). The SMILES string of the molecule is CCOC(=O)[C@@]1(C)C/C(=N/NC(=O)c2ccccc2)C(=O)N1c1ccccc1. The number of para-hydroxylation sites is 1. The van der Waals surface area contributed by atoms with Crippen LogP contribution in [0.4, 0.5) is 5.69 Å². The van der Waals surface area contributed by atoms with Crippen molar-refractivity contribution in [2.24, 2.45) is 5.10 Å². The van der Waals surface area contributed by atoms with Gasteiger partial charge in [0.1, 0.15) is 11.3 Å². The molecule has 1 aliphatic heterocycles. The first-order chi connectivity index (χ1) is 13.5. The van der Waals surface area contributed by atoms with E-state index in [2.05, 4.69) is 10.5 Å². The van der Waals surface area contributed by atoms with Gasteiger partial charge in [-0.15, -0.1) is 0 Å². The maximum absolute atomic E-state index is 13.0. The summed E-state index contributed by atoms with van der Waals surface area (Å²) < 4.78 is 5.20. The van der Waals surface area contributed by atoms with E-state index in [1.54, 1.807) is 68.4 Å². The maximum atomic E-state index is 13.0. The lowest BCUT2D eigenvalue weighted by atomic mass is 9.98. The molecule has 7 heteroatoms. The molecule has 0 saturated carbocycles. The van der Waals surface area contributed by atoms with Crippen LogP contribution in [0.5, 0.6) is 0 Å². The second-order valence-electron chi connectivity index (χ2n) is 6.51. The average molecular weight is 379 g/mol. The Morgan fingerprint density at radius 1 is 1.11 bits per heavy atom. The average Bonchev–Trinajstić information content (AvgIpc) is 2.98. The Morgan fingerprint density at radius 2 is 1.71 bits per heavy atom. The lowest BCUT2D eigenvalue weighted by molar-refractivity contribution is -0.149. The molecule has 2 amide bonds. The van der Waals surface area contributed by atoms with Gasteiger partial charge in [0.2, 0.25) is 0 Å². The summed E-state index contributed by atoms with van der Waals surface area (Å²) in [6.07, 6.45) is 0.0225. The van der Waals surface area contributed by atoms with Crippen LogP contribution < -0.4 is 10.3 Å². The number of carbonyl (C=O) groups is 3. The minimum atomic E-state index is -1.25. The van der Waals surface area contributed by atoms with Gasteiger partial charge in [-0.1, -0.05) is 36.4 Å². The Labute approximate surface area is 163 Å².